The Morgan fingerprint density at radius 2 is 2.12 bits per heavy atom. The quantitative estimate of drug-likeness (QED) is 0.800. The molecule has 1 saturated heterocycles. The third-order valence-corrected chi connectivity index (χ3v) is 5.08. The predicted octanol–water partition coefficient (Wildman–Crippen LogP) is 3.81. The summed E-state index contributed by atoms with van der Waals surface area (Å²) in [6, 6.07) is 12.4. The van der Waals surface area contributed by atoms with Crippen molar-refractivity contribution in [1.82, 2.24) is 5.32 Å². The van der Waals surface area contributed by atoms with Crippen LogP contribution in [0.5, 0.6) is 0 Å². The molecule has 2 aliphatic rings. The molecule has 3 heterocycles. The van der Waals surface area contributed by atoms with Gasteiger partial charge in [0.1, 0.15) is 0 Å². The van der Waals surface area contributed by atoms with Crippen LogP contribution in [0.1, 0.15) is 24.1 Å². The van der Waals surface area contributed by atoms with Crippen molar-refractivity contribution in [2.24, 2.45) is 0 Å². The summed E-state index contributed by atoms with van der Waals surface area (Å²) in [4.78, 5) is 1.48. The second-order valence-electron chi connectivity index (χ2n) is 5.09. The van der Waals surface area contributed by atoms with Gasteiger partial charge in [-0.3, -0.25) is 0 Å². The third-order valence-electron chi connectivity index (χ3n) is 3.89. The summed E-state index contributed by atoms with van der Waals surface area (Å²) in [5, 5.41) is 5.04. The number of rotatable bonds is 1. The Bertz CT molecular complexity index is 563. The standard InChI is InChI=1S/C15H15NS/c1-2-4-14-10(3-1)9-15(17-14)11-7-12-5-6-13(8-11)16-12/h1-4,7,9,12-13,16H,5-6,8H2. The van der Waals surface area contributed by atoms with Crippen molar-refractivity contribution in [3.63, 3.8) is 0 Å². The molecule has 0 saturated carbocycles. The van der Waals surface area contributed by atoms with Gasteiger partial charge in [-0.15, -0.1) is 11.3 Å². The molecule has 1 N–H and O–H groups in total. The Morgan fingerprint density at radius 3 is 3.00 bits per heavy atom. The largest absolute Gasteiger partial charge is 0.307 e. The lowest BCUT2D eigenvalue weighted by molar-refractivity contribution is 0.575. The van der Waals surface area contributed by atoms with Crippen molar-refractivity contribution >= 4 is 27.0 Å². The van der Waals surface area contributed by atoms with Crippen LogP contribution in [0.25, 0.3) is 15.7 Å². The smallest absolute Gasteiger partial charge is 0.0349 e. The van der Waals surface area contributed by atoms with E-state index in [1.54, 1.807) is 5.57 Å². The highest BCUT2D eigenvalue weighted by atomic mass is 32.1. The lowest BCUT2D eigenvalue weighted by Crippen LogP contribution is -2.31. The van der Waals surface area contributed by atoms with Crippen LogP contribution in [0.15, 0.2) is 36.4 Å². The second-order valence-corrected chi connectivity index (χ2v) is 6.18. The van der Waals surface area contributed by atoms with Crippen LogP contribution in [-0.4, -0.2) is 12.1 Å². The van der Waals surface area contributed by atoms with Gasteiger partial charge >= 0.3 is 0 Å². The third kappa shape index (κ3) is 1.63. The van der Waals surface area contributed by atoms with Gasteiger partial charge in [-0.2, -0.15) is 0 Å². The van der Waals surface area contributed by atoms with Crippen LogP contribution in [0.4, 0.5) is 0 Å². The molecule has 2 atom stereocenters. The molecular weight excluding hydrogens is 226 g/mol. The molecule has 2 unspecified atom stereocenters. The zero-order valence-corrected chi connectivity index (χ0v) is 10.5. The molecule has 0 amide bonds. The van der Waals surface area contributed by atoms with Gasteiger partial charge in [0.05, 0.1) is 0 Å². The van der Waals surface area contributed by atoms with Crippen molar-refractivity contribution in [1.29, 1.82) is 0 Å². The number of fused-ring (bicyclic) bond motifs is 3. The lowest BCUT2D eigenvalue weighted by Gasteiger charge is -2.20. The van der Waals surface area contributed by atoms with Crippen molar-refractivity contribution < 1.29 is 0 Å². The molecular formula is C15H15NS. The van der Waals surface area contributed by atoms with E-state index in [0.29, 0.717) is 6.04 Å². The van der Waals surface area contributed by atoms with Gasteiger partial charge in [0.2, 0.25) is 0 Å². The van der Waals surface area contributed by atoms with E-state index in [0.717, 1.165) is 6.04 Å². The van der Waals surface area contributed by atoms with E-state index in [-0.39, 0.29) is 0 Å². The van der Waals surface area contributed by atoms with E-state index < -0.39 is 0 Å². The van der Waals surface area contributed by atoms with Crippen LogP contribution < -0.4 is 5.32 Å². The van der Waals surface area contributed by atoms with E-state index in [9.17, 15) is 0 Å². The number of hydrogen-bond donors (Lipinski definition) is 1. The van der Waals surface area contributed by atoms with Crippen LogP contribution in [0, 0.1) is 0 Å². The maximum atomic E-state index is 3.65. The molecule has 2 aromatic rings. The number of hydrogen-bond acceptors (Lipinski definition) is 2. The molecule has 1 nitrogen and oxygen atoms in total. The predicted molar refractivity (Wildman–Crippen MR) is 74.4 cm³/mol. The monoisotopic (exact) mass is 241 g/mol. The summed E-state index contributed by atoms with van der Waals surface area (Å²) in [6.07, 6.45) is 6.33. The molecule has 2 aliphatic heterocycles. The van der Waals surface area contributed by atoms with E-state index in [2.05, 4.69) is 41.7 Å². The average molecular weight is 241 g/mol. The van der Waals surface area contributed by atoms with Crippen LogP contribution in [0.3, 0.4) is 0 Å². The second kappa shape index (κ2) is 3.69. The summed E-state index contributed by atoms with van der Waals surface area (Å²) >= 11 is 1.94. The first-order valence-corrected chi connectivity index (χ1v) is 7.16. The highest BCUT2D eigenvalue weighted by Gasteiger charge is 2.28. The van der Waals surface area contributed by atoms with Crippen LogP contribution >= 0.6 is 11.3 Å². The maximum absolute atomic E-state index is 3.65. The summed E-state index contributed by atoms with van der Waals surface area (Å²) in [5.74, 6) is 0. The highest BCUT2D eigenvalue weighted by Crippen LogP contribution is 2.37. The maximum Gasteiger partial charge on any atom is 0.0349 e. The molecule has 0 radical (unpaired) electrons. The summed E-state index contributed by atoms with van der Waals surface area (Å²) in [6.45, 7) is 0. The van der Waals surface area contributed by atoms with Crippen molar-refractivity contribution in [3.05, 3.63) is 41.3 Å². The summed E-state index contributed by atoms with van der Waals surface area (Å²) in [7, 11) is 0. The molecule has 2 bridgehead atoms. The van der Waals surface area contributed by atoms with Crippen molar-refractivity contribution in [3.8, 4) is 0 Å². The fraction of sp³-hybridized carbons (Fsp3) is 0.333. The fourth-order valence-electron chi connectivity index (χ4n) is 3.04. The molecule has 17 heavy (non-hydrogen) atoms. The highest BCUT2D eigenvalue weighted by molar-refractivity contribution is 7.20. The van der Waals surface area contributed by atoms with Gasteiger partial charge in [-0.05, 0) is 42.4 Å². The molecule has 0 aliphatic carbocycles. The molecule has 4 rings (SSSR count). The molecule has 2 heteroatoms. The van der Waals surface area contributed by atoms with Crippen LogP contribution in [-0.2, 0) is 0 Å². The SMILES string of the molecule is C1=C(c2cc3ccccc3s2)CC2CCC1N2. The Hall–Kier alpha value is -1.12. The van der Waals surface area contributed by atoms with Gasteiger partial charge in [-0.25, -0.2) is 0 Å². The topological polar surface area (TPSA) is 12.0 Å². The van der Waals surface area contributed by atoms with Crippen molar-refractivity contribution in [2.45, 2.75) is 31.3 Å². The minimum Gasteiger partial charge on any atom is -0.307 e. The zero-order valence-electron chi connectivity index (χ0n) is 9.65. The van der Waals surface area contributed by atoms with Gasteiger partial charge in [0, 0.05) is 21.7 Å². The Kier molecular flexibility index (Phi) is 2.14. The Labute approximate surface area is 105 Å². The minimum atomic E-state index is 0.633. The first kappa shape index (κ1) is 9.86. The molecule has 1 aromatic heterocycles. The van der Waals surface area contributed by atoms with E-state index in [4.69, 9.17) is 0 Å². The first-order chi connectivity index (χ1) is 8.38. The Morgan fingerprint density at radius 1 is 1.18 bits per heavy atom. The van der Waals surface area contributed by atoms with E-state index in [1.165, 1.54) is 34.2 Å². The number of thiophene rings is 1. The van der Waals surface area contributed by atoms with E-state index >= 15 is 0 Å². The Balaban J connectivity index is 1.79. The number of nitrogens with one attached hydrogen (secondary N) is 1. The fourth-order valence-corrected chi connectivity index (χ4v) is 4.14. The normalized spacial score (nSPS) is 27.4. The first-order valence-electron chi connectivity index (χ1n) is 6.34. The molecule has 0 spiro atoms. The lowest BCUT2D eigenvalue weighted by atomic mass is 10.0. The summed E-state index contributed by atoms with van der Waals surface area (Å²) in [5.41, 5.74) is 1.57. The van der Waals surface area contributed by atoms with Gasteiger partial charge in [-0.1, -0.05) is 24.3 Å². The number of benzene rings is 1. The van der Waals surface area contributed by atoms with Gasteiger partial charge < -0.3 is 5.32 Å². The molecule has 1 fully saturated rings. The van der Waals surface area contributed by atoms with Crippen molar-refractivity contribution in [2.75, 3.05) is 0 Å². The van der Waals surface area contributed by atoms with Gasteiger partial charge in [0.25, 0.3) is 0 Å². The average Bonchev–Trinajstić information content (AvgIpc) is 2.92. The minimum absolute atomic E-state index is 0.633. The van der Waals surface area contributed by atoms with E-state index in [1.807, 2.05) is 11.3 Å². The molecule has 86 valence electrons. The zero-order chi connectivity index (χ0) is 11.2. The van der Waals surface area contributed by atoms with Gasteiger partial charge in [0.15, 0.2) is 0 Å². The summed E-state index contributed by atoms with van der Waals surface area (Å²) < 4.78 is 1.41. The molecule has 1 aromatic carbocycles. The van der Waals surface area contributed by atoms with Crippen LogP contribution in [0.2, 0.25) is 0 Å².